The number of hydrazine groups is 1. The summed E-state index contributed by atoms with van der Waals surface area (Å²) >= 11 is 12.1. The standard InChI is InChI=1S/C13H14Cl2N4O/c1-2-20-11-6-4-3-5-10(11)17-12-8(14)7-9(15)13(18-12)19-16/h3-7H,2,16H2,1H3,(H2,17,18,19). The van der Waals surface area contributed by atoms with E-state index < -0.39 is 0 Å². The highest BCUT2D eigenvalue weighted by Crippen LogP contribution is 2.33. The molecule has 0 aliphatic heterocycles. The Bertz CT molecular complexity index is 607. The first-order chi connectivity index (χ1) is 9.65. The average Bonchev–Trinajstić information content (AvgIpc) is 2.44. The van der Waals surface area contributed by atoms with E-state index in [2.05, 4.69) is 15.7 Å². The van der Waals surface area contributed by atoms with E-state index in [0.717, 1.165) is 5.69 Å². The van der Waals surface area contributed by atoms with E-state index in [1.165, 1.54) is 0 Å². The van der Waals surface area contributed by atoms with E-state index in [1.807, 2.05) is 31.2 Å². The largest absolute Gasteiger partial charge is 0.492 e. The second kappa shape index (κ2) is 6.65. The minimum absolute atomic E-state index is 0.340. The molecule has 106 valence electrons. The highest BCUT2D eigenvalue weighted by Gasteiger charge is 2.11. The topological polar surface area (TPSA) is 72.2 Å². The monoisotopic (exact) mass is 312 g/mol. The van der Waals surface area contributed by atoms with Crippen molar-refractivity contribution >= 4 is 40.5 Å². The predicted molar refractivity (Wildman–Crippen MR) is 83.0 cm³/mol. The summed E-state index contributed by atoms with van der Waals surface area (Å²) in [7, 11) is 0. The van der Waals surface area contributed by atoms with Crippen LogP contribution in [-0.4, -0.2) is 11.6 Å². The van der Waals surface area contributed by atoms with Crippen molar-refractivity contribution < 1.29 is 4.74 Å². The number of nitrogens with zero attached hydrogens (tertiary/aromatic N) is 1. The molecule has 0 radical (unpaired) electrons. The van der Waals surface area contributed by atoms with Gasteiger partial charge in [-0.15, -0.1) is 0 Å². The van der Waals surface area contributed by atoms with Crippen LogP contribution in [0.1, 0.15) is 6.92 Å². The molecule has 0 spiro atoms. The molecule has 2 rings (SSSR count). The maximum absolute atomic E-state index is 6.12. The molecule has 0 aliphatic rings. The van der Waals surface area contributed by atoms with Gasteiger partial charge in [-0.25, -0.2) is 10.8 Å². The maximum atomic E-state index is 6.12. The van der Waals surface area contributed by atoms with Gasteiger partial charge in [0.25, 0.3) is 0 Å². The van der Waals surface area contributed by atoms with Crippen LogP contribution in [0.2, 0.25) is 10.0 Å². The number of rotatable bonds is 5. The molecule has 20 heavy (non-hydrogen) atoms. The zero-order valence-electron chi connectivity index (χ0n) is 10.8. The van der Waals surface area contributed by atoms with Gasteiger partial charge in [-0.3, -0.25) is 0 Å². The van der Waals surface area contributed by atoms with Crippen LogP contribution in [-0.2, 0) is 0 Å². The lowest BCUT2D eigenvalue weighted by Crippen LogP contribution is -2.10. The molecule has 5 nitrogen and oxygen atoms in total. The Kier molecular flexibility index (Phi) is 4.89. The van der Waals surface area contributed by atoms with Crippen LogP contribution < -0.4 is 21.3 Å². The number of anilines is 3. The highest BCUT2D eigenvalue weighted by atomic mass is 35.5. The third kappa shape index (κ3) is 3.25. The summed E-state index contributed by atoms with van der Waals surface area (Å²) in [6.45, 7) is 2.48. The predicted octanol–water partition coefficient (Wildman–Crippen LogP) is 3.82. The summed E-state index contributed by atoms with van der Waals surface area (Å²) in [6, 6.07) is 9.07. The van der Waals surface area contributed by atoms with Gasteiger partial charge in [0.2, 0.25) is 0 Å². The van der Waals surface area contributed by atoms with Gasteiger partial charge >= 0.3 is 0 Å². The number of ether oxygens (including phenoxy) is 1. The van der Waals surface area contributed by atoms with Crippen LogP contribution in [0.4, 0.5) is 17.3 Å². The van der Waals surface area contributed by atoms with Crippen molar-refractivity contribution in [3.63, 3.8) is 0 Å². The van der Waals surface area contributed by atoms with Crippen molar-refractivity contribution in [2.75, 3.05) is 17.3 Å². The van der Waals surface area contributed by atoms with Crippen molar-refractivity contribution in [3.8, 4) is 5.75 Å². The minimum atomic E-state index is 0.340. The molecule has 7 heteroatoms. The van der Waals surface area contributed by atoms with Gasteiger partial charge < -0.3 is 15.5 Å². The molecule has 0 atom stereocenters. The fourth-order valence-corrected chi connectivity index (χ4v) is 2.09. The summed E-state index contributed by atoms with van der Waals surface area (Å²) < 4.78 is 5.53. The number of nitrogen functional groups attached to an aromatic ring is 1. The van der Waals surface area contributed by atoms with Crippen molar-refractivity contribution in [1.29, 1.82) is 0 Å². The van der Waals surface area contributed by atoms with E-state index in [0.29, 0.717) is 34.0 Å². The van der Waals surface area contributed by atoms with E-state index in [4.69, 9.17) is 33.8 Å². The number of hydrogen-bond acceptors (Lipinski definition) is 5. The van der Waals surface area contributed by atoms with Gasteiger partial charge in [-0.2, -0.15) is 0 Å². The van der Waals surface area contributed by atoms with Crippen LogP contribution in [0.3, 0.4) is 0 Å². The molecule has 1 heterocycles. The Morgan fingerprint density at radius 1 is 1.20 bits per heavy atom. The number of halogens is 2. The van der Waals surface area contributed by atoms with Gasteiger partial charge in [0.1, 0.15) is 5.75 Å². The van der Waals surface area contributed by atoms with E-state index in [9.17, 15) is 0 Å². The van der Waals surface area contributed by atoms with Gasteiger partial charge in [-0.1, -0.05) is 35.3 Å². The van der Waals surface area contributed by atoms with Gasteiger partial charge in [0.05, 0.1) is 22.3 Å². The van der Waals surface area contributed by atoms with Crippen LogP contribution >= 0.6 is 23.2 Å². The Labute approximate surface area is 127 Å². The van der Waals surface area contributed by atoms with E-state index >= 15 is 0 Å². The number of para-hydroxylation sites is 2. The molecule has 2 aromatic rings. The average molecular weight is 313 g/mol. The molecule has 0 saturated heterocycles. The number of pyridine rings is 1. The quantitative estimate of drug-likeness (QED) is 0.578. The Morgan fingerprint density at radius 3 is 2.60 bits per heavy atom. The normalized spacial score (nSPS) is 10.2. The number of benzene rings is 1. The van der Waals surface area contributed by atoms with Gasteiger partial charge in [0.15, 0.2) is 11.6 Å². The molecule has 0 aliphatic carbocycles. The molecular formula is C13H14Cl2N4O. The second-order valence-electron chi connectivity index (χ2n) is 3.85. The summed E-state index contributed by atoms with van der Waals surface area (Å²) in [5.41, 5.74) is 3.17. The number of nitrogens with one attached hydrogen (secondary N) is 2. The van der Waals surface area contributed by atoms with Crippen LogP contribution in [0, 0.1) is 0 Å². The first-order valence-corrected chi connectivity index (χ1v) is 6.72. The van der Waals surface area contributed by atoms with E-state index in [-0.39, 0.29) is 0 Å². The number of hydrogen-bond donors (Lipinski definition) is 3. The zero-order chi connectivity index (χ0) is 14.5. The summed E-state index contributed by atoms with van der Waals surface area (Å²) in [6.07, 6.45) is 0. The molecule has 4 N–H and O–H groups in total. The van der Waals surface area contributed by atoms with Crippen LogP contribution in [0.15, 0.2) is 30.3 Å². The first kappa shape index (κ1) is 14.7. The molecule has 1 aromatic heterocycles. The van der Waals surface area contributed by atoms with Crippen LogP contribution in [0.5, 0.6) is 5.75 Å². The molecule has 1 aromatic carbocycles. The molecule has 0 fully saturated rings. The van der Waals surface area contributed by atoms with Crippen molar-refractivity contribution in [2.45, 2.75) is 6.92 Å². The van der Waals surface area contributed by atoms with Crippen LogP contribution in [0.25, 0.3) is 0 Å². The van der Waals surface area contributed by atoms with E-state index in [1.54, 1.807) is 6.07 Å². The SMILES string of the molecule is CCOc1ccccc1Nc1nc(NN)c(Cl)cc1Cl. The zero-order valence-corrected chi connectivity index (χ0v) is 12.3. The maximum Gasteiger partial charge on any atom is 0.161 e. The fraction of sp³-hybridized carbons (Fsp3) is 0.154. The molecule has 0 amide bonds. The number of nitrogens with two attached hydrogens (primary N) is 1. The number of aromatic nitrogens is 1. The van der Waals surface area contributed by atoms with Crippen molar-refractivity contribution in [2.24, 2.45) is 5.84 Å². The first-order valence-electron chi connectivity index (χ1n) is 5.97. The Morgan fingerprint density at radius 2 is 1.90 bits per heavy atom. The third-order valence-corrected chi connectivity index (χ3v) is 3.08. The molecule has 0 unspecified atom stereocenters. The van der Waals surface area contributed by atoms with Crippen molar-refractivity contribution in [3.05, 3.63) is 40.4 Å². The minimum Gasteiger partial charge on any atom is -0.492 e. The van der Waals surface area contributed by atoms with Gasteiger partial charge in [0, 0.05) is 0 Å². The second-order valence-corrected chi connectivity index (χ2v) is 4.66. The Balaban J connectivity index is 2.35. The summed E-state index contributed by atoms with van der Waals surface area (Å²) in [5.74, 6) is 6.84. The van der Waals surface area contributed by atoms with Gasteiger partial charge in [-0.05, 0) is 25.1 Å². The fourth-order valence-electron chi connectivity index (χ4n) is 1.63. The summed E-state index contributed by atoms with van der Waals surface area (Å²) in [4.78, 5) is 4.22. The Hall–Kier alpha value is -1.69. The molecule has 0 bridgehead atoms. The lowest BCUT2D eigenvalue weighted by Gasteiger charge is -2.14. The smallest absolute Gasteiger partial charge is 0.161 e. The lowest BCUT2D eigenvalue weighted by atomic mass is 10.3. The third-order valence-electron chi connectivity index (χ3n) is 2.51. The summed E-state index contributed by atoms with van der Waals surface area (Å²) in [5, 5.41) is 3.84. The molecule has 0 saturated carbocycles. The highest BCUT2D eigenvalue weighted by molar-refractivity contribution is 6.37. The molecular weight excluding hydrogens is 299 g/mol. The van der Waals surface area contributed by atoms with Crippen molar-refractivity contribution in [1.82, 2.24) is 4.98 Å². The lowest BCUT2D eigenvalue weighted by molar-refractivity contribution is 0.342.